The number of hydrogen-bond acceptors (Lipinski definition) is 3. The molecule has 1 aromatic heterocycles. The molecule has 1 N–H and O–H groups in total. The molecular formula is C7H12N3O2+. The van der Waals surface area contributed by atoms with Gasteiger partial charge in [-0.15, -0.1) is 0 Å². The Morgan fingerprint density at radius 3 is 2.92 bits per heavy atom. The molecule has 0 aromatic carbocycles. The van der Waals surface area contributed by atoms with Gasteiger partial charge in [-0.3, -0.25) is 0 Å². The molecule has 0 fully saturated rings. The van der Waals surface area contributed by atoms with Gasteiger partial charge in [0.25, 0.3) is 0 Å². The van der Waals surface area contributed by atoms with Gasteiger partial charge >= 0.3 is 5.82 Å². The van der Waals surface area contributed by atoms with Crippen LogP contribution >= 0.6 is 0 Å². The number of imidazole rings is 1. The second kappa shape index (κ2) is 3.44. The van der Waals surface area contributed by atoms with E-state index in [0.717, 1.165) is 10.6 Å². The molecule has 1 rings (SSSR count). The van der Waals surface area contributed by atoms with Crippen LogP contribution in [0.4, 0.5) is 5.82 Å². The highest BCUT2D eigenvalue weighted by Gasteiger charge is 2.16. The van der Waals surface area contributed by atoms with E-state index in [1.807, 2.05) is 0 Å². The lowest BCUT2D eigenvalue weighted by Gasteiger charge is -1.96. The Bertz CT molecular complexity index is 293. The number of hydrogen-bond donors (Lipinski definition) is 1. The standard InChI is InChI=1S/C7H12N3O2/c1-6-8-5-7(9(2)12)10(6)3-4-11/h5,11H,3-4H2,1-2H3/q+1. The zero-order chi connectivity index (χ0) is 9.14. The third-order valence-electron chi connectivity index (χ3n) is 1.68. The van der Waals surface area contributed by atoms with Crippen LogP contribution in [-0.2, 0) is 6.54 Å². The van der Waals surface area contributed by atoms with Crippen molar-refractivity contribution in [2.75, 3.05) is 13.7 Å². The molecule has 66 valence electrons. The Hall–Kier alpha value is -1.23. The zero-order valence-electron chi connectivity index (χ0n) is 7.19. The van der Waals surface area contributed by atoms with Crippen LogP contribution in [-0.4, -0.2) is 33.1 Å². The molecule has 0 saturated heterocycles. The fraction of sp³-hybridized carbons (Fsp3) is 0.571. The van der Waals surface area contributed by atoms with E-state index in [1.165, 1.54) is 13.2 Å². The Kier molecular flexibility index (Phi) is 2.54. The first kappa shape index (κ1) is 8.86. The van der Waals surface area contributed by atoms with E-state index in [-0.39, 0.29) is 6.61 Å². The van der Waals surface area contributed by atoms with Gasteiger partial charge < -0.3 is 5.11 Å². The summed E-state index contributed by atoms with van der Waals surface area (Å²) in [4.78, 5) is 14.9. The molecular weight excluding hydrogens is 158 g/mol. The van der Waals surface area contributed by atoms with Gasteiger partial charge in [0.1, 0.15) is 19.8 Å². The number of aryl methyl sites for hydroxylation is 1. The van der Waals surface area contributed by atoms with Crippen molar-refractivity contribution in [1.82, 2.24) is 9.55 Å². The van der Waals surface area contributed by atoms with Crippen molar-refractivity contribution in [1.29, 1.82) is 0 Å². The van der Waals surface area contributed by atoms with Crippen molar-refractivity contribution in [3.63, 3.8) is 0 Å². The summed E-state index contributed by atoms with van der Waals surface area (Å²) in [6.07, 6.45) is 1.50. The molecule has 0 spiro atoms. The van der Waals surface area contributed by atoms with Gasteiger partial charge in [-0.2, -0.15) is 0 Å². The predicted octanol–water partition coefficient (Wildman–Crippen LogP) is 0.224. The van der Waals surface area contributed by atoms with Gasteiger partial charge in [-0.25, -0.2) is 9.55 Å². The summed E-state index contributed by atoms with van der Waals surface area (Å²) in [5.74, 6) is 1.21. The number of aromatic nitrogens is 2. The van der Waals surface area contributed by atoms with Gasteiger partial charge in [-0.1, -0.05) is 4.91 Å². The minimum Gasteiger partial charge on any atom is -0.392 e. The van der Waals surface area contributed by atoms with Crippen molar-refractivity contribution < 1.29 is 9.87 Å². The molecule has 0 saturated carbocycles. The second-order valence-electron chi connectivity index (χ2n) is 2.54. The van der Waals surface area contributed by atoms with Crippen LogP contribution in [0.5, 0.6) is 0 Å². The molecule has 12 heavy (non-hydrogen) atoms. The normalized spacial score (nSPS) is 10.2. The Morgan fingerprint density at radius 2 is 2.42 bits per heavy atom. The lowest BCUT2D eigenvalue weighted by molar-refractivity contribution is -0.435. The van der Waals surface area contributed by atoms with E-state index in [9.17, 15) is 4.91 Å². The number of aliphatic hydroxyl groups excluding tert-OH is 1. The summed E-state index contributed by atoms with van der Waals surface area (Å²) in [6, 6.07) is 0. The summed E-state index contributed by atoms with van der Waals surface area (Å²) in [7, 11) is 1.41. The predicted molar refractivity (Wildman–Crippen MR) is 43.3 cm³/mol. The number of nitrogens with zero attached hydrogens (tertiary/aromatic N) is 3. The van der Waals surface area contributed by atoms with Crippen LogP contribution < -0.4 is 0 Å². The number of nitroso groups, excluding NO2 is 1. The van der Waals surface area contributed by atoms with E-state index < -0.39 is 0 Å². The van der Waals surface area contributed by atoms with Crippen molar-refractivity contribution in [3.8, 4) is 0 Å². The van der Waals surface area contributed by atoms with Crippen molar-refractivity contribution >= 4 is 5.82 Å². The summed E-state index contributed by atoms with van der Waals surface area (Å²) in [5.41, 5.74) is 0. The molecule has 0 unspecified atom stereocenters. The summed E-state index contributed by atoms with van der Waals surface area (Å²) in [5, 5.41) is 8.70. The van der Waals surface area contributed by atoms with Crippen LogP contribution in [0, 0.1) is 11.8 Å². The van der Waals surface area contributed by atoms with Crippen molar-refractivity contribution in [2.24, 2.45) is 0 Å². The average molecular weight is 170 g/mol. The zero-order valence-corrected chi connectivity index (χ0v) is 7.19. The molecule has 0 atom stereocenters. The quantitative estimate of drug-likeness (QED) is 0.660. The van der Waals surface area contributed by atoms with Gasteiger partial charge in [0.15, 0.2) is 5.82 Å². The molecule has 5 heteroatoms. The highest BCUT2D eigenvalue weighted by Crippen LogP contribution is 2.11. The first-order valence-corrected chi connectivity index (χ1v) is 3.70. The van der Waals surface area contributed by atoms with Gasteiger partial charge in [-0.05, 0) is 4.76 Å². The summed E-state index contributed by atoms with van der Waals surface area (Å²) >= 11 is 0. The molecule has 0 aliphatic carbocycles. The third-order valence-corrected chi connectivity index (χ3v) is 1.68. The minimum absolute atomic E-state index is 0.0119. The van der Waals surface area contributed by atoms with Gasteiger partial charge in [0.05, 0.1) is 6.61 Å². The van der Waals surface area contributed by atoms with E-state index in [0.29, 0.717) is 12.4 Å². The topological polar surface area (TPSA) is 58.1 Å². The Balaban J connectivity index is 3.03. The highest BCUT2D eigenvalue weighted by molar-refractivity contribution is 5.18. The smallest absolute Gasteiger partial charge is 0.339 e. The van der Waals surface area contributed by atoms with Crippen molar-refractivity contribution in [3.05, 3.63) is 16.9 Å². The van der Waals surface area contributed by atoms with Crippen LogP contribution in [0.25, 0.3) is 0 Å². The Labute approximate surface area is 70.2 Å². The maximum atomic E-state index is 10.9. The van der Waals surface area contributed by atoms with Gasteiger partial charge in [0.2, 0.25) is 0 Å². The largest absolute Gasteiger partial charge is 0.392 e. The maximum Gasteiger partial charge on any atom is 0.339 e. The average Bonchev–Trinajstić information content (AvgIpc) is 2.34. The highest BCUT2D eigenvalue weighted by atomic mass is 16.3. The van der Waals surface area contributed by atoms with Crippen LogP contribution in [0.2, 0.25) is 0 Å². The number of aliphatic hydroxyl groups is 1. The number of rotatable bonds is 3. The molecule has 0 aliphatic rings. The SMILES string of the molecule is Cc1ncc([N+](C)=O)n1CCO. The van der Waals surface area contributed by atoms with E-state index in [2.05, 4.69) is 4.98 Å². The Morgan fingerprint density at radius 1 is 1.75 bits per heavy atom. The first-order valence-electron chi connectivity index (χ1n) is 3.70. The fourth-order valence-corrected chi connectivity index (χ4v) is 1.08. The van der Waals surface area contributed by atoms with Crippen LogP contribution in [0.15, 0.2) is 6.20 Å². The van der Waals surface area contributed by atoms with E-state index in [1.54, 1.807) is 11.5 Å². The van der Waals surface area contributed by atoms with Crippen molar-refractivity contribution in [2.45, 2.75) is 13.5 Å². The van der Waals surface area contributed by atoms with Crippen LogP contribution in [0.1, 0.15) is 5.82 Å². The molecule has 0 amide bonds. The summed E-state index contributed by atoms with van der Waals surface area (Å²) < 4.78 is 2.41. The summed E-state index contributed by atoms with van der Waals surface area (Å²) in [6.45, 7) is 2.22. The first-order chi connectivity index (χ1) is 5.66. The lowest BCUT2D eigenvalue weighted by atomic mass is 10.6. The molecule has 0 radical (unpaired) electrons. The maximum absolute atomic E-state index is 10.9. The third kappa shape index (κ3) is 1.50. The second-order valence-corrected chi connectivity index (χ2v) is 2.54. The molecule has 0 bridgehead atoms. The van der Waals surface area contributed by atoms with E-state index >= 15 is 0 Å². The van der Waals surface area contributed by atoms with Crippen LogP contribution in [0.3, 0.4) is 0 Å². The molecule has 5 nitrogen and oxygen atoms in total. The minimum atomic E-state index is 0.0119. The molecule has 1 aromatic rings. The molecule has 0 aliphatic heterocycles. The van der Waals surface area contributed by atoms with Gasteiger partial charge in [0, 0.05) is 6.92 Å². The lowest BCUT2D eigenvalue weighted by Crippen LogP contribution is -2.08. The fourth-order valence-electron chi connectivity index (χ4n) is 1.08. The monoisotopic (exact) mass is 170 g/mol. The van der Waals surface area contributed by atoms with E-state index in [4.69, 9.17) is 5.11 Å². The molecule has 1 heterocycles.